The lowest BCUT2D eigenvalue weighted by atomic mass is 10.0. The lowest BCUT2D eigenvalue weighted by Gasteiger charge is -2.21. The summed E-state index contributed by atoms with van der Waals surface area (Å²) >= 11 is 0. The van der Waals surface area contributed by atoms with Crippen molar-refractivity contribution < 1.29 is 80.2 Å². The summed E-state index contributed by atoms with van der Waals surface area (Å²) in [4.78, 5) is 73.0. The first-order chi connectivity index (χ1) is 51.7. The number of ether oxygens (including phenoxy) is 4. The number of carbonyl (C=O) groups excluding carboxylic acids is 4. The van der Waals surface area contributed by atoms with Gasteiger partial charge in [0.2, 0.25) is 0 Å². The van der Waals surface area contributed by atoms with Crippen LogP contribution < -0.4 is 0 Å². The summed E-state index contributed by atoms with van der Waals surface area (Å²) in [5, 5.41) is 10.6. The maximum Gasteiger partial charge on any atom is 0.472 e. The van der Waals surface area contributed by atoms with Crippen molar-refractivity contribution >= 4 is 39.5 Å². The summed E-state index contributed by atoms with van der Waals surface area (Å²) in [7, 11) is -10.0. The van der Waals surface area contributed by atoms with Crippen LogP contribution in [0.5, 0.6) is 0 Å². The molecule has 106 heavy (non-hydrogen) atoms. The molecule has 0 saturated carbocycles. The number of allylic oxidation sites excluding steroid dienone is 28. The summed E-state index contributed by atoms with van der Waals surface area (Å²) in [6, 6.07) is 0. The molecule has 0 rings (SSSR count). The number of unbranched alkanes of at least 4 members (excludes halogenated alkanes) is 20. The Balaban J connectivity index is 5.49. The molecule has 0 aliphatic heterocycles. The van der Waals surface area contributed by atoms with Crippen LogP contribution in [-0.2, 0) is 65.4 Å². The number of hydrogen-bond acceptors (Lipinski definition) is 15. The van der Waals surface area contributed by atoms with Gasteiger partial charge in [-0.3, -0.25) is 37.3 Å². The van der Waals surface area contributed by atoms with E-state index in [1.54, 1.807) is 0 Å². The van der Waals surface area contributed by atoms with Crippen molar-refractivity contribution in [1.29, 1.82) is 0 Å². The summed E-state index contributed by atoms with van der Waals surface area (Å²) in [6.45, 7) is 4.43. The second-order valence-corrected chi connectivity index (χ2v) is 29.2. The third-order valence-electron chi connectivity index (χ3n) is 16.2. The molecule has 3 N–H and O–H groups in total. The van der Waals surface area contributed by atoms with Gasteiger partial charge >= 0.3 is 39.5 Å². The lowest BCUT2D eigenvalue weighted by molar-refractivity contribution is -0.161. The van der Waals surface area contributed by atoms with Crippen LogP contribution in [0.3, 0.4) is 0 Å². The van der Waals surface area contributed by atoms with Crippen LogP contribution >= 0.6 is 15.6 Å². The average Bonchev–Trinajstić information content (AvgIpc) is 0.933. The summed E-state index contributed by atoms with van der Waals surface area (Å²) in [6.07, 6.45) is 92.2. The molecule has 0 amide bonds. The molecule has 0 aromatic carbocycles. The quantitative estimate of drug-likeness (QED) is 0.0169. The molecule has 0 spiro atoms. The Morgan fingerprint density at radius 3 is 0.811 bits per heavy atom. The highest BCUT2D eigenvalue weighted by Crippen LogP contribution is 2.45. The number of esters is 4. The predicted octanol–water partition coefficient (Wildman–Crippen LogP) is 23.8. The molecule has 5 unspecified atom stereocenters. The van der Waals surface area contributed by atoms with Crippen molar-refractivity contribution in [2.45, 2.75) is 316 Å². The predicted molar refractivity (Wildman–Crippen MR) is 436 cm³/mol. The fraction of sp³-hybridized carbons (Fsp3) is 0.632. The fourth-order valence-corrected chi connectivity index (χ4v) is 11.7. The van der Waals surface area contributed by atoms with E-state index < -0.39 is 97.5 Å². The van der Waals surface area contributed by atoms with Gasteiger partial charge in [0.1, 0.15) is 19.3 Å². The summed E-state index contributed by atoms with van der Waals surface area (Å²) in [5.41, 5.74) is 0. The normalized spacial score (nSPS) is 14.7. The first-order valence-electron chi connectivity index (χ1n) is 40.4. The topological polar surface area (TPSA) is 237 Å². The van der Waals surface area contributed by atoms with Crippen LogP contribution in [-0.4, -0.2) is 96.7 Å². The largest absolute Gasteiger partial charge is 0.472 e. The van der Waals surface area contributed by atoms with E-state index in [-0.39, 0.29) is 25.7 Å². The molecule has 0 heterocycles. The van der Waals surface area contributed by atoms with Gasteiger partial charge in [-0.15, -0.1) is 0 Å². The fourth-order valence-electron chi connectivity index (χ4n) is 10.1. The van der Waals surface area contributed by atoms with Crippen LogP contribution in [0.15, 0.2) is 170 Å². The minimum absolute atomic E-state index is 0.0267. The van der Waals surface area contributed by atoms with Gasteiger partial charge < -0.3 is 33.8 Å². The number of rotatable bonds is 74. The van der Waals surface area contributed by atoms with Gasteiger partial charge in [0.15, 0.2) is 12.2 Å². The van der Waals surface area contributed by atoms with E-state index in [0.29, 0.717) is 38.5 Å². The van der Waals surface area contributed by atoms with Crippen LogP contribution in [0.2, 0.25) is 0 Å². The zero-order valence-electron chi connectivity index (χ0n) is 65.8. The number of phosphoric ester groups is 2. The smallest absolute Gasteiger partial charge is 0.462 e. The van der Waals surface area contributed by atoms with Gasteiger partial charge in [-0.2, -0.15) is 0 Å². The average molecular weight is 1520 g/mol. The molecule has 5 atom stereocenters. The third-order valence-corrected chi connectivity index (χ3v) is 18.1. The monoisotopic (exact) mass is 1520 g/mol. The Morgan fingerprint density at radius 1 is 0.274 bits per heavy atom. The second-order valence-electron chi connectivity index (χ2n) is 26.2. The first kappa shape index (κ1) is 100. The number of aliphatic hydroxyl groups excluding tert-OH is 1. The maximum atomic E-state index is 13.1. The molecule has 0 aliphatic rings. The van der Waals surface area contributed by atoms with E-state index in [4.69, 9.17) is 37.0 Å². The van der Waals surface area contributed by atoms with E-state index >= 15 is 0 Å². The molecule has 0 fully saturated rings. The summed E-state index contributed by atoms with van der Waals surface area (Å²) in [5.74, 6) is -2.39. The van der Waals surface area contributed by atoms with Gasteiger partial charge in [0.25, 0.3) is 0 Å². The number of phosphoric acid groups is 2. The Morgan fingerprint density at radius 2 is 0.509 bits per heavy atom. The van der Waals surface area contributed by atoms with Gasteiger partial charge in [-0.1, -0.05) is 307 Å². The van der Waals surface area contributed by atoms with Gasteiger partial charge in [0, 0.05) is 25.7 Å². The van der Waals surface area contributed by atoms with Crippen molar-refractivity contribution in [1.82, 2.24) is 0 Å². The molecule has 602 valence electrons. The van der Waals surface area contributed by atoms with E-state index in [1.807, 2.05) is 36.5 Å². The van der Waals surface area contributed by atoms with E-state index in [1.165, 1.54) is 70.6 Å². The van der Waals surface area contributed by atoms with E-state index in [2.05, 4.69) is 161 Å². The SMILES string of the molecule is CC/C=C\C/C=C\C/C=C\C/C=C\C/C=C\C/C=C\CCC(=O)OCC(COP(=O)(O)OCC(O)COP(=O)(O)OCC(COC(=O)CC/C=C\C/C=C\C/C=C\C/C=C\C/C=C\C/C=C\CC)OC(=O)CCCCCCCCCCCCCCC)OC(=O)CCCCCCC/C=C\C/C=C\CCCCC. The molecule has 0 saturated heterocycles. The Labute approximate surface area is 642 Å². The van der Waals surface area contributed by atoms with Gasteiger partial charge in [0.05, 0.1) is 26.4 Å². The number of carbonyl (C=O) groups is 4. The molecule has 0 aromatic heterocycles. The van der Waals surface area contributed by atoms with Crippen molar-refractivity contribution in [3.05, 3.63) is 170 Å². The highest BCUT2D eigenvalue weighted by Gasteiger charge is 2.30. The Hall–Kier alpha value is -5.58. The Kier molecular flexibility index (Phi) is 73.5. The molecular weight excluding hydrogens is 1380 g/mol. The lowest BCUT2D eigenvalue weighted by Crippen LogP contribution is -2.30. The number of hydrogen-bond donors (Lipinski definition) is 3. The third kappa shape index (κ3) is 76.6. The first-order valence-corrected chi connectivity index (χ1v) is 43.4. The van der Waals surface area contributed by atoms with Crippen LogP contribution in [0.1, 0.15) is 297 Å². The van der Waals surface area contributed by atoms with E-state index in [0.717, 1.165) is 135 Å². The minimum Gasteiger partial charge on any atom is -0.462 e. The van der Waals surface area contributed by atoms with Crippen molar-refractivity contribution in [3.63, 3.8) is 0 Å². The highest BCUT2D eigenvalue weighted by molar-refractivity contribution is 7.47. The van der Waals surface area contributed by atoms with Crippen molar-refractivity contribution in [3.8, 4) is 0 Å². The van der Waals surface area contributed by atoms with Gasteiger partial charge in [-0.25, -0.2) is 9.13 Å². The standard InChI is InChI=1S/C87H142O17P2/c1-5-9-13-17-21-25-29-33-36-38-40-42-45-48-51-55-59-63-67-71-84(89)97-77-82(103-86(91)73-69-65-61-57-53-47-32-28-24-20-16-12-8-4)79-101-105(93,94)99-75-81(88)76-100-106(95,96)102-80-83(104-87(92)74-70-66-62-58-54-50-44-35-31-27-23-19-15-11-7-3)78-98-85(90)72-68-64-60-56-52-49-46-43-41-39-37-34-30-26-22-18-14-10-6-2/h9-10,13-14,21-23,25-27,33-37,40-44,48-49,51-52,59-60,63-64,81-83,88H,5-8,11-12,15-20,24,28-32,38-39,45-47,50,53-58,61-62,65-80H2,1-4H3,(H,93,94)(H,95,96)/b13-9-,14-10-,25-21-,26-22-,27-23-,36-33-,37-34-,42-40-,43-41-,44-35-,51-48-,52-49-,63-59-,64-60-. The summed E-state index contributed by atoms with van der Waals surface area (Å²) < 4.78 is 68.5. The Bertz CT molecular complexity index is 2680. The molecule has 0 bridgehead atoms. The second kappa shape index (κ2) is 77.6. The molecule has 17 nitrogen and oxygen atoms in total. The minimum atomic E-state index is -5.01. The molecule has 0 aromatic rings. The number of aliphatic hydroxyl groups is 1. The molecule has 0 radical (unpaired) electrons. The maximum absolute atomic E-state index is 13.1. The van der Waals surface area contributed by atoms with E-state index in [9.17, 15) is 43.2 Å². The molecular formula is C87H142O17P2. The highest BCUT2D eigenvalue weighted by atomic mass is 31.2. The molecule has 0 aliphatic carbocycles. The van der Waals surface area contributed by atoms with Crippen LogP contribution in [0.4, 0.5) is 0 Å². The zero-order chi connectivity index (χ0) is 77.4. The van der Waals surface area contributed by atoms with Crippen LogP contribution in [0.25, 0.3) is 0 Å². The van der Waals surface area contributed by atoms with Gasteiger partial charge in [-0.05, 0) is 135 Å². The zero-order valence-corrected chi connectivity index (χ0v) is 67.6. The van der Waals surface area contributed by atoms with Crippen LogP contribution in [0, 0.1) is 0 Å². The van der Waals surface area contributed by atoms with Crippen molar-refractivity contribution in [2.75, 3.05) is 39.6 Å². The molecule has 19 heteroatoms. The van der Waals surface area contributed by atoms with Crippen molar-refractivity contribution in [2.24, 2.45) is 0 Å².